The zero-order chi connectivity index (χ0) is 22.6. The molecule has 1 aromatic carbocycles. The fourth-order valence-corrected chi connectivity index (χ4v) is 6.31. The molecule has 2 saturated heterocycles. The van der Waals surface area contributed by atoms with E-state index in [1.807, 2.05) is 0 Å². The van der Waals surface area contributed by atoms with Gasteiger partial charge in [0.15, 0.2) is 0 Å². The number of nitrogens with zero attached hydrogens (tertiary/aromatic N) is 1. The maximum Gasteiger partial charge on any atom is 0.328 e. The number of carbonyl (C=O) groups is 3. The molecule has 170 valence electrons. The molecule has 0 spiro atoms. The molecule has 2 unspecified atom stereocenters. The Labute approximate surface area is 181 Å². The summed E-state index contributed by atoms with van der Waals surface area (Å²) in [4.78, 5) is 36.5. The van der Waals surface area contributed by atoms with Gasteiger partial charge in [-0.15, -0.1) is 0 Å². The molecule has 2 heterocycles. The summed E-state index contributed by atoms with van der Waals surface area (Å²) < 4.78 is 28.0. The molecule has 3 fully saturated rings. The molecular weight excluding hydrogens is 424 g/mol. The van der Waals surface area contributed by atoms with Crippen LogP contribution < -0.4 is 16.0 Å². The van der Waals surface area contributed by atoms with Crippen molar-refractivity contribution >= 4 is 27.8 Å². The number of sulfonamides is 1. The summed E-state index contributed by atoms with van der Waals surface area (Å²) in [5, 5.41) is 17.0. The van der Waals surface area contributed by atoms with Crippen molar-refractivity contribution in [1.29, 1.82) is 0 Å². The molecule has 0 aromatic heterocycles. The third kappa shape index (κ3) is 5.05. The lowest BCUT2D eigenvalue weighted by Gasteiger charge is -2.49. The molecule has 1 aliphatic carbocycles. The second-order valence-corrected chi connectivity index (χ2v) is 9.74. The van der Waals surface area contributed by atoms with Crippen LogP contribution in [0.5, 0.6) is 0 Å². The average molecular weight is 453 g/mol. The molecule has 1 saturated carbocycles. The fourth-order valence-electron chi connectivity index (χ4n) is 4.39. The highest BCUT2D eigenvalue weighted by molar-refractivity contribution is 7.89. The molecule has 2 bridgehead atoms. The minimum atomic E-state index is -3.93. The van der Waals surface area contributed by atoms with Gasteiger partial charge < -0.3 is 21.1 Å². The molecule has 4 N–H and O–H groups in total. The number of amides is 2. The maximum absolute atomic E-state index is 13.4. The summed E-state index contributed by atoms with van der Waals surface area (Å²) in [6, 6.07) is 5.29. The Hall–Kier alpha value is -2.50. The first-order chi connectivity index (χ1) is 14.8. The highest BCUT2D eigenvalue weighted by Crippen LogP contribution is 2.42. The lowest BCUT2D eigenvalue weighted by atomic mass is 9.76. The van der Waals surface area contributed by atoms with Gasteiger partial charge in [-0.1, -0.05) is 18.2 Å². The van der Waals surface area contributed by atoms with Gasteiger partial charge in [-0.3, -0.25) is 9.59 Å². The van der Waals surface area contributed by atoms with E-state index >= 15 is 0 Å². The Balaban J connectivity index is 1.81. The third-order valence-electron chi connectivity index (χ3n) is 5.86. The first kappa shape index (κ1) is 23.2. The van der Waals surface area contributed by atoms with Crippen LogP contribution in [0.3, 0.4) is 0 Å². The number of piperidine rings is 2. The van der Waals surface area contributed by atoms with Gasteiger partial charge in [-0.2, -0.15) is 4.31 Å². The number of carbonyl (C=O) groups excluding carboxylic acids is 2. The van der Waals surface area contributed by atoms with E-state index in [1.165, 1.54) is 16.4 Å². The predicted octanol–water partition coefficient (Wildman–Crippen LogP) is -0.477. The van der Waals surface area contributed by atoms with Crippen LogP contribution in [0.2, 0.25) is 0 Å². The van der Waals surface area contributed by atoms with E-state index in [1.54, 1.807) is 25.2 Å². The van der Waals surface area contributed by atoms with Crippen molar-refractivity contribution in [1.82, 2.24) is 20.3 Å². The van der Waals surface area contributed by atoms with Crippen LogP contribution in [0.15, 0.2) is 35.2 Å². The van der Waals surface area contributed by atoms with E-state index < -0.39 is 39.9 Å². The van der Waals surface area contributed by atoms with Gasteiger partial charge in [0, 0.05) is 12.6 Å². The summed E-state index contributed by atoms with van der Waals surface area (Å²) in [5.74, 6) is -2.55. The van der Waals surface area contributed by atoms with Crippen LogP contribution in [-0.2, 0) is 24.4 Å². The largest absolute Gasteiger partial charge is 0.480 e. The molecular formula is C20H28N4O6S. The van der Waals surface area contributed by atoms with E-state index in [4.69, 9.17) is 0 Å². The quantitative estimate of drug-likeness (QED) is 0.396. The van der Waals surface area contributed by atoms with Crippen molar-refractivity contribution in [3.05, 3.63) is 30.3 Å². The molecule has 2 atom stereocenters. The number of fused-ring (bicyclic) bond motifs is 3. The Bertz CT molecular complexity index is 915. The van der Waals surface area contributed by atoms with Crippen LogP contribution in [0, 0.1) is 5.92 Å². The van der Waals surface area contributed by atoms with Gasteiger partial charge in [0.05, 0.1) is 11.4 Å². The Morgan fingerprint density at radius 1 is 1.13 bits per heavy atom. The lowest BCUT2D eigenvalue weighted by Crippen LogP contribution is -2.64. The molecule has 31 heavy (non-hydrogen) atoms. The van der Waals surface area contributed by atoms with E-state index in [0.717, 1.165) is 0 Å². The minimum Gasteiger partial charge on any atom is -0.480 e. The monoisotopic (exact) mass is 452 g/mol. The number of nitrogens with one attached hydrogen (secondary N) is 3. The summed E-state index contributed by atoms with van der Waals surface area (Å²) in [7, 11) is -2.35. The van der Waals surface area contributed by atoms with Crippen molar-refractivity contribution < 1.29 is 27.9 Å². The number of aliphatic carboxylic acids is 1. The number of carboxylic acids is 1. The first-order valence-electron chi connectivity index (χ1n) is 10.3. The number of benzene rings is 1. The van der Waals surface area contributed by atoms with Gasteiger partial charge in [0.2, 0.25) is 21.8 Å². The topological polar surface area (TPSA) is 145 Å². The van der Waals surface area contributed by atoms with Crippen LogP contribution in [0.25, 0.3) is 0 Å². The van der Waals surface area contributed by atoms with E-state index in [0.29, 0.717) is 25.7 Å². The number of hydrogen-bond donors (Lipinski definition) is 4. The Morgan fingerprint density at radius 2 is 1.77 bits per heavy atom. The summed E-state index contributed by atoms with van der Waals surface area (Å²) in [6.07, 6.45) is 2.76. The van der Waals surface area contributed by atoms with Crippen LogP contribution in [-0.4, -0.2) is 73.9 Å². The molecule has 11 heteroatoms. The van der Waals surface area contributed by atoms with Gasteiger partial charge in [0.25, 0.3) is 0 Å². The van der Waals surface area contributed by atoms with E-state index in [9.17, 15) is 27.9 Å². The Kier molecular flexibility index (Phi) is 7.29. The zero-order valence-electron chi connectivity index (χ0n) is 17.3. The SMILES string of the molecule is CNCC(=O)NCC(NC(=O)C1C2CCC(CC2)N1S(=O)(=O)c1ccccc1)C(=O)O. The highest BCUT2D eigenvalue weighted by Gasteiger charge is 2.51. The van der Waals surface area contributed by atoms with Crippen LogP contribution in [0.1, 0.15) is 25.7 Å². The predicted molar refractivity (Wildman–Crippen MR) is 112 cm³/mol. The summed E-state index contributed by atoms with van der Waals surface area (Å²) in [5.41, 5.74) is 0. The molecule has 10 nitrogen and oxygen atoms in total. The molecule has 1 aromatic rings. The average Bonchev–Trinajstić information content (AvgIpc) is 2.77. The van der Waals surface area contributed by atoms with Crippen molar-refractivity contribution in [2.75, 3.05) is 20.1 Å². The second kappa shape index (κ2) is 9.75. The van der Waals surface area contributed by atoms with Gasteiger partial charge >= 0.3 is 5.97 Å². The Morgan fingerprint density at radius 3 is 2.35 bits per heavy atom. The number of likely N-dealkylation sites (N-methyl/N-ethyl adjacent to an activating group) is 1. The van der Waals surface area contributed by atoms with Crippen molar-refractivity contribution in [2.24, 2.45) is 5.92 Å². The number of hydrogen-bond acceptors (Lipinski definition) is 6. The van der Waals surface area contributed by atoms with Crippen molar-refractivity contribution in [2.45, 2.75) is 48.7 Å². The zero-order valence-corrected chi connectivity index (χ0v) is 18.1. The number of carboxylic acid groups (broad SMARTS) is 1. The van der Waals surface area contributed by atoms with Crippen molar-refractivity contribution in [3.63, 3.8) is 0 Å². The van der Waals surface area contributed by atoms with Gasteiger partial charge in [0.1, 0.15) is 12.1 Å². The molecule has 4 rings (SSSR count). The van der Waals surface area contributed by atoms with E-state index in [-0.39, 0.29) is 29.9 Å². The molecule has 2 amide bonds. The summed E-state index contributed by atoms with van der Waals surface area (Å²) in [6.45, 7) is -0.288. The smallest absolute Gasteiger partial charge is 0.328 e. The van der Waals surface area contributed by atoms with Crippen LogP contribution >= 0.6 is 0 Å². The normalized spacial score (nSPS) is 24.4. The van der Waals surface area contributed by atoms with Crippen LogP contribution in [0.4, 0.5) is 0 Å². The summed E-state index contributed by atoms with van der Waals surface area (Å²) >= 11 is 0. The molecule has 2 aliphatic heterocycles. The molecule has 3 aliphatic rings. The lowest BCUT2D eigenvalue weighted by molar-refractivity contribution is -0.143. The van der Waals surface area contributed by atoms with Gasteiger partial charge in [-0.05, 0) is 50.8 Å². The fraction of sp³-hybridized carbons (Fsp3) is 0.550. The highest BCUT2D eigenvalue weighted by atomic mass is 32.2. The second-order valence-electron chi connectivity index (χ2n) is 7.90. The third-order valence-corrected chi connectivity index (χ3v) is 7.81. The van der Waals surface area contributed by atoms with Gasteiger partial charge in [-0.25, -0.2) is 13.2 Å². The van der Waals surface area contributed by atoms with E-state index in [2.05, 4.69) is 16.0 Å². The molecule has 0 radical (unpaired) electrons. The number of rotatable bonds is 9. The minimum absolute atomic E-state index is 0.00968. The van der Waals surface area contributed by atoms with Crippen molar-refractivity contribution in [3.8, 4) is 0 Å². The first-order valence-corrected chi connectivity index (χ1v) is 11.7. The maximum atomic E-state index is 13.4. The standard InChI is InChI=1S/C20H28N4O6S/c1-21-12-17(25)22-11-16(20(27)28)23-19(26)18-13-7-9-14(10-8-13)24(18)31(29,30)15-5-3-2-4-6-15/h2-6,13-14,16,18,21H,7-12H2,1H3,(H,22,25)(H,23,26)(H,27,28).